The summed E-state index contributed by atoms with van der Waals surface area (Å²) < 4.78 is 8.20. The zero-order valence-corrected chi connectivity index (χ0v) is 16.9. The van der Waals surface area contributed by atoms with Gasteiger partial charge in [-0.25, -0.2) is 4.79 Å². The number of ether oxygens (including phenoxy) is 1. The lowest BCUT2D eigenvalue weighted by molar-refractivity contribution is 0.0377. The molecule has 2 amide bonds. The minimum absolute atomic E-state index is 0.0285. The lowest BCUT2D eigenvalue weighted by Gasteiger charge is -2.40. The number of carbonyl (C=O) groups excluding carboxylic acids is 1. The van der Waals surface area contributed by atoms with Crippen molar-refractivity contribution in [3.8, 4) is 5.75 Å². The number of carbonyl (C=O) groups is 1. The Hall–Kier alpha value is -2.54. The number of rotatable bonds is 2. The van der Waals surface area contributed by atoms with E-state index in [4.69, 9.17) is 10.5 Å². The van der Waals surface area contributed by atoms with E-state index in [2.05, 4.69) is 16.5 Å². The van der Waals surface area contributed by atoms with Crippen LogP contribution in [0.2, 0.25) is 0 Å². The summed E-state index contributed by atoms with van der Waals surface area (Å²) in [6.07, 6.45) is 9.18. The van der Waals surface area contributed by atoms with E-state index < -0.39 is 0 Å². The SMILES string of the molecule is Cn1cc([C@@H]2CN(C(=O)NC3CC4(CCCC4)Oc4ccccc43)C[C@H]2N)cn1. The zero-order valence-electron chi connectivity index (χ0n) is 16.9. The van der Waals surface area contributed by atoms with Crippen molar-refractivity contribution in [2.75, 3.05) is 13.1 Å². The minimum atomic E-state index is -0.133. The van der Waals surface area contributed by atoms with Crippen molar-refractivity contribution in [1.82, 2.24) is 20.0 Å². The average Bonchev–Trinajstić information content (AvgIpc) is 3.42. The predicted molar refractivity (Wildman–Crippen MR) is 110 cm³/mol. The number of hydrogen-bond donors (Lipinski definition) is 2. The number of aromatic nitrogens is 2. The third-order valence-electron chi connectivity index (χ3n) is 6.81. The van der Waals surface area contributed by atoms with Gasteiger partial charge < -0.3 is 20.7 Å². The fourth-order valence-corrected chi connectivity index (χ4v) is 5.29. The maximum Gasteiger partial charge on any atom is 0.317 e. The fraction of sp³-hybridized carbons (Fsp3) is 0.545. The second-order valence-corrected chi connectivity index (χ2v) is 8.86. The number of likely N-dealkylation sites (tertiary alicyclic amines) is 1. The van der Waals surface area contributed by atoms with Gasteiger partial charge in [0, 0.05) is 50.3 Å². The molecule has 154 valence electrons. The van der Waals surface area contributed by atoms with Crippen LogP contribution in [0.25, 0.3) is 0 Å². The van der Waals surface area contributed by atoms with Crippen LogP contribution in [0.15, 0.2) is 36.7 Å². The summed E-state index contributed by atoms with van der Waals surface area (Å²) in [6, 6.07) is 7.96. The number of nitrogens with one attached hydrogen (secondary N) is 1. The first-order valence-corrected chi connectivity index (χ1v) is 10.6. The van der Waals surface area contributed by atoms with Gasteiger partial charge in [-0.05, 0) is 37.3 Å². The van der Waals surface area contributed by atoms with Gasteiger partial charge in [-0.1, -0.05) is 18.2 Å². The third-order valence-corrected chi connectivity index (χ3v) is 6.81. The van der Waals surface area contributed by atoms with Crippen LogP contribution in [0.1, 0.15) is 55.2 Å². The summed E-state index contributed by atoms with van der Waals surface area (Å²) in [7, 11) is 1.90. The number of benzene rings is 1. The van der Waals surface area contributed by atoms with Gasteiger partial charge in [0.2, 0.25) is 0 Å². The molecule has 3 aliphatic rings. The molecule has 2 fully saturated rings. The Morgan fingerprint density at radius 2 is 2.07 bits per heavy atom. The Kier molecular flexibility index (Phi) is 4.50. The van der Waals surface area contributed by atoms with Crippen LogP contribution in [0, 0.1) is 0 Å². The molecule has 1 aromatic heterocycles. The van der Waals surface area contributed by atoms with Crippen LogP contribution in [0.4, 0.5) is 4.79 Å². The topological polar surface area (TPSA) is 85.4 Å². The van der Waals surface area contributed by atoms with Gasteiger partial charge in [0.05, 0.1) is 12.2 Å². The van der Waals surface area contributed by atoms with Crippen molar-refractivity contribution >= 4 is 6.03 Å². The average molecular weight is 396 g/mol. The maximum atomic E-state index is 13.2. The summed E-state index contributed by atoms with van der Waals surface area (Å²) in [5, 5.41) is 7.55. The molecular weight excluding hydrogens is 366 g/mol. The van der Waals surface area contributed by atoms with Crippen LogP contribution in [-0.4, -0.2) is 45.4 Å². The number of nitrogens with two attached hydrogens (primary N) is 1. The fourth-order valence-electron chi connectivity index (χ4n) is 5.29. The molecule has 1 aromatic carbocycles. The molecule has 2 aliphatic heterocycles. The normalized spacial score (nSPS) is 27.7. The van der Waals surface area contributed by atoms with E-state index in [9.17, 15) is 4.79 Å². The number of nitrogens with zero attached hydrogens (tertiary/aromatic N) is 3. The predicted octanol–water partition coefficient (Wildman–Crippen LogP) is 2.69. The van der Waals surface area contributed by atoms with Crippen molar-refractivity contribution in [2.45, 2.75) is 55.7 Å². The van der Waals surface area contributed by atoms with Gasteiger partial charge in [-0.3, -0.25) is 4.68 Å². The molecule has 0 radical (unpaired) electrons. The first kappa shape index (κ1) is 18.5. The van der Waals surface area contributed by atoms with Crippen molar-refractivity contribution in [3.05, 3.63) is 47.8 Å². The molecule has 1 spiro atoms. The number of aryl methyl sites for hydroxylation is 1. The summed E-state index contributed by atoms with van der Waals surface area (Å²) in [4.78, 5) is 15.0. The summed E-state index contributed by atoms with van der Waals surface area (Å²) in [6.45, 7) is 1.18. The number of amides is 2. The van der Waals surface area contributed by atoms with E-state index in [1.165, 1.54) is 12.8 Å². The summed E-state index contributed by atoms with van der Waals surface area (Å²) >= 11 is 0. The second-order valence-electron chi connectivity index (χ2n) is 8.86. The molecule has 1 aliphatic carbocycles. The van der Waals surface area contributed by atoms with Gasteiger partial charge in [0.25, 0.3) is 0 Å². The van der Waals surface area contributed by atoms with Crippen molar-refractivity contribution in [3.63, 3.8) is 0 Å². The molecule has 0 bridgehead atoms. The van der Waals surface area contributed by atoms with Crippen LogP contribution >= 0.6 is 0 Å². The highest BCUT2D eigenvalue weighted by atomic mass is 16.5. The van der Waals surface area contributed by atoms with E-state index in [-0.39, 0.29) is 29.6 Å². The number of fused-ring (bicyclic) bond motifs is 1. The molecule has 3 N–H and O–H groups in total. The zero-order chi connectivity index (χ0) is 20.0. The van der Waals surface area contributed by atoms with E-state index >= 15 is 0 Å². The monoisotopic (exact) mass is 395 g/mol. The second kappa shape index (κ2) is 7.06. The van der Waals surface area contributed by atoms with Crippen LogP contribution < -0.4 is 15.8 Å². The first-order valence-electron chi connectivity index (χ1n) is 10.6. The van der Waals surface area contributed by atoms with Crippen LogP contribution in [0.3, 0.4) is 0 Å². The van der Waals surface area contributed by atoms with Crippen molar-refractivity contribution < 1.29 is 9.53 Å². The minimum Gasteiger partial charge on any atom is -0.487 e. The molecule has 5 rings (SSSR count). The Balaban J connectivity index is 1.32. The smallest absolute Gasteiger partial charge is 0.317 e. The Morgan fingerprint density at radius 3 is 2.83 bits per heavy atom. The lowest BCUT2D eigenvalue weighted by Crippen LogP contribution is -2.47. The Labute approximate surface area is 171 Å². The van der Waals surface area contributed by atoms with E-state index in [0.717, 1.165) is 36.1 Å². The molecule has 1 saturated carbocycles. The van der Waals surface area contributed by atoms with Crippen molar-refractivity contribution in [1.29, 1.82) is 0 Å². The van der Waals surface area contributed by atoms with Gasteiger partial charge in [0.1, 0.15) is 11.4 Å². The van der Waals surface area contributed by atoms with Crippen molar-refractivity contribution in [2.24, 2.45) is 12.8 Å². The van der Waals surface area contributed by atoms with E-state index in [0.29, 0.717) is 13.1 Å². The molecule has 7 nitrogen and oxygen atoms in total. The number of urea groups is 1. The Bertz CT molecular complexity index is 904. The molecule has 29 heavy (non-hydrogen) atoms. The first-order chi connectivity index (χ1) is 14.0. The molecule has 3 heterocycles. The molecule has 1 unspecified atom stereocenters. The maximum absolute atomic E-state index is 13.2. The van der Waals surface area contributed by atoms with Gasteiger partial charge in [-0.15, -0.1) is 0 Å². The van der Waals surface area contributed by atoms with E-state index in [1.807, 2.05) is 42.5 Å². The van der Waals surface area contributed by atoms with Crippen LogP contribution in [-0.2, 0) is 7.05 Å². The van der Waals surface area contributed by atoms with E-state index in [1.54, 1.807) is 4.68 Å². The summed E-state index contributed by atoms with van der Waals surface area (Å²) in [5.41, 5.74) is 8.41. The number of para-hydroxylation sites is 1. The third kappa shape index (κ3) is 3.37. The molecule has 1 saturated heterocycles. The van der Waals surface area contributed by atoms with Gasteiger partial charge >= 0.3 is 6.03 Å². The molecule has 7 heteroatoms. The highest BCUT2D eigenvalue weighted by Crippen LogP contribution is 2.47. The molecule has 3 atom stereocenters. The largest absolute Gasteiger partial charge is 0.487 e. The van der Waals surface area contributed by atoms with Crippen LogP contribution in [0.5, 0.6) is 5.75 Å². The van der Waals surface area contributed by atoms with Gasteiger partial charge in [-0.2, -0.15) is 5.10 Å². The highest BCUT2D eigenvalue weighted by molar-refractivity contribution is 5.75. The molecule has 2 aromatic rings. The quantitative estimate of drug-likeness (QED) is 0.819. The molecular formula is C22H29N5O2. The lowest BCUT2D eigenvalue weighted by atomic mass is 9.86. The standard InChI is InChI=1S/C22H29N5O2/c1-26-12-15(11-24-26)17-13-27(14-18(17)23)21(28)25-19-10-22(8-4-5-9-22)29-20-7-3-2-6-16(19)20/h2-3,6-7,11-12,17-19H,4-5,8-10,13-14,23H2,1H3,(H,25,28)/t17-,18+,19?/m0/s1. The highest BCUT2D eigenvalue weighted by Gasteiger charge is 2.44. The summed E-state index contributed by atoms with van der Waals surface area (Å²) in [5.74, 6) is 1.04. The number of hydrogen-bond acceptors (Lipinski definition) is 4. The van der Waals surface area contributed by atoms with Gasteiger partial charge in [0.15, 0.2) is 0 Å². The Morgan fingerprint density at radius 1 is 1.28 bits per heavy atom.